The van der Waals surface area contributed by atoms with E-state index in [9.17, 15) is 0 Å². The maximum absolute atomic E-state index is 1.79. The summed E-state index contributed by atoms with van der Waals surface area (Å²) in [6, 6.07) is 0. The molecule has 0 radical (unpaired) electrons. The van der Waals surface area contributed by atoms with Crippen molar-refractivity contribution in [2.75, 3.05) is 0 Å². The summed E-state index contributed by atoms with van der Waals surface area (Å²) in [5.41, 5.74) is 4.04. The minimum atomic E-state index is 1.000. The van der Waals surface area contributed by atoms with E-state index < -0.39 is 0 Å². The van der Waals surface area contributed by atoms with Crippen LogP contribution in [-0.2, 0) is 0 Å². The van der Waals surface area contributed by atoms with E-state index in [-0.39, 0.29) is 0 Å². The molecule has 16 aliphatic carbocycles. The molecule has 0 N–H and O–H groups in total. The van der Waals surface area contributed by atoms with E-state index in [0.29, 0.717) is 0 Å². The fourth-order valence-electron chi connectivity index (χ4n) is 22.8. The minimum Gasteiger partial charge on any atom is -0.0499 e. The summed E-state index contributed by atoms with van der Waals surface area (Å²) in [5.74, 6) is 28.8. The molecule has 0 saturated heterocycles. The lowest BCUT2D eigenvalue weighted by Crippen LogP contribution is -3.03. The van der Waals surface area contributed by atoms with E-state index in [1.807, 2.05) is 0 Å². The molecule has 0 bridgehead atoms. The molecule has 0 aromatic heterocycles. The molecule has 16 rings (SSSR count). The van der Waals surface area contributed by atoms with Crippen molar-refractivity contribution in [3.8, 4) is 0 Å². The van der Waals surface area contributed by atoms with E-state index >= 15 is 0 Å². The van der Waals surface area contributed by atoms with Crippen LogP contribution >= 0.6 is 0 Å². The third-order valence-electron chi connectivity index (χ3n) is 20.9. The van der Waals surface area contributed by atoms with Crippen molar-refractivity contribution in [1.82, 2.24) is 0 Å². The second-order valence-corrected chi connectivity index (χ2v) is 18.4. The normalized spacial score (nSPS) is 103. The monoisotopic (exact) mass is 418 g/mol. The van der Waals surface area contributed by atoms with E-state index in [0.717, 1.165) is 21.7 Å². The molecule has 0 aromatic carbocycles. The Labute approximate surface area is 190 Å². The zero-order chi connectivity index (χ0) is 18.9. The van der Waals surface area contributed by atoms with Gasteiger partial charge in [-0.2, -0.15) is 0 Å². The summed E-state index contributed by atoms with van der Waals surface area (Å²) < 4.78 is 0. The summed E-state index contributed by atoms with van der Waals surface area (Å²) in [5, 5.41) is 0. The van der Waals surface area contributed by atoms with E-state index in [1.54, 1.807) is 38.5 Å². The van der Waals surface area contributed by atoms with Gasteiger partial charge in [0, 0.05) is 0 Å². The molecule has 32 heavy (non-hydrogen) atoms. The first-order valence-electron chi connectivity index (χ1n) is 15.8. The summed E-state index contributed by atoms with van der Waals surface area (Å²) in [6.07, 6.45) is 10.5. The number of fused-ring (bicyclic) bond motifs is 5. The summed E-state index contributed by atoms with van der Waals surface area (Å²) in [6.45, 7) is 0. The maximum atomic E-state index is 1.79. The highest BCUT2D eigenvalue weighted by molar-refractivity contribution is 5.56. The van der Waals surface area contributed by atoms with E-state index in [1.165, 1.54) is 130 Å². The van der Waals surface area contributed by atoms with Gasteiger partial charge in [-0.05, 0) is 190 Å². The molecular formula is C32H34. The SMILES string of the molecule is C1CC2CC3C4C5C2C2C1CC1C6C2C2C5C57C(C8CC34C85)C3C4C5C8CC16C8C52C4C37. The smallest absolute Gasteiger partial charge is 0.0159 e. The van der Waals surface area contributed by atoms with Gasteiger partial charge in [-0.1, -0.05) is 0 Å². The van der Waals surface area contributed by atoms with Crippen LogP contribution in [0.4, 0.5) is 0 Å². The Hall–Kier alpha value is 0. The van der Waals surface area contributed by atoms with Crippen LogP contribution in [0.15, 0.2) is 0 Å². The molecule has 162 valence electrons. The molecule has 16 saturated carbocycles. The highest BCUT2D eigenvalue weighted by Gasteiger charge is 3.10. The lowest BCUT2D eigenvalue weighted by Gasteiger charge is -3.06. The van der Waals surface area contributed by atoms with Gasteiger partial charge in [0.25, 0.3) is 0 Å². The van der Waals surface area contributed by atoms with Gasteiger partial charge in [0.05, 0.1) is 0 Å². The Bertz CT molecular complexity index is 1170. The van der Waals surface area contributed by atoms with Gasteiger partial charge in [-0.25, -0.2) is 0 Å². The first kappa shape index (κ1) is 13.9. The maximum Gasteiger partial charge on any atom is -0.0159 e. The molecule has 16 fully saturated rings. The van der Waals surface area contributed by atoms with Crippen molar-refractivity contribution in [2.45, 2.75) is 38.5 Å². The minimum absolute atomic E-state index is 1.000. The molecular weight excluding hydrogens is 384 g/mol. The van der Waals surface area contributed by atoms with Gasteiger partial charge in [0.15, 0.2) is 0 Å². The summed E-state index contributed by atoms with van der Waals surface area (Å²) in [7, 11) is 0. The molecule has 0 nitrogen and oxygen atoms in total. The van der Waals surface area contributed by atoms with Gasteiger partial charge < -0.3 is 0 Å². The van der Waals surface area contributed by atoms with Crippen LogP contribution < -0.4 is 0 Å². The summed E-state index contributed by atoms with van der Waals surface area (Å²) in [4.78, 5) is 0. The number of hydrogen-bond acceptors (Lipinski definition) is 0. The van der Waals surface area contributed by atoms with Crippen LogP contribution in [0.25, 0.3) is 0 Å². The topological polar surface area (TPSA) is 0 Å². The Kier molecular flexibility index (Phi) is 1.32. The van der Waals surface area contributed by atoms with Crippen molar-refractivity contribution in [1.29, 1.82) is 0 Å². The lowest BCUT2D eigenvalue weighted by atomic mass is 8.97. The largest absolute Gasteiger partial charge is 0.0499 e. The Morgan fingerprint density at radius 2 is 0.875 bits per heavy atom. The molecule has 0 aromatic rings. The van der Waals surface area contributed by atoms with Crippen LogP contribution in [0.1, 0.15) is 38.5 Å². The second-order valence-electron chi connectivity index (χ2n) is 18.4. The van der Waals surface area contributed by atoms with Crippen molar-refractivity contribution in [3.05, 3.63) is 0 Å². The van der Waals surface area contributed by atoms with Crippen LogP contribution in [0.5, 0.6) is 0 Å². The average molecular weight is 419 g/mol. The highest BCUT2D eigenvalue weighted by atomic mass is 15.1. The van der Waals surface area contributed by atoms with Crippen LogP contribution in [0.2, 0.25) is 0 Å². The zero-order valence-corrected chi connectivity index (χ0v) is 18.9. The van der Waals surface area contributed by atoms with Crippen molar-refractivity contribution >= 4 is 0 Å². The van der Waals surface area contributed by atoms with Crippen molar-refractivity contribution in [2.24, 2.45) is 152 Å². The van der Waals surface area contributed by atoms with Gasteiger partial charge in [-0.3, -0.25) is 0 Å². The molecule has 26 atom stereocenters. The highest BCUT2D eigenvalue weighted by Crippen LogP contribution is 3.13. The first-order chi connectivity index (χ1) is 15.8. The quantitative estimate of drug-likeness (QED) is 0.517. The third-order valence-corrected chi connectivity index (χ3v) is 20.9. The Morgan fingerprint density at radius 3 is 1.34 bits per heavy atom. The predicted molar refractivity (Wildman–Crippen MR) is 114 cm³/mol. The summed E-state index contributed by atoms with van der Waals surface area (Å²) >= 11 is 0. The lowest BCUT2D eigenvalue weighted by molar-refractivity contribution is -0.602. The molecule has 0 heteroatoms. The van der Waals surface area contributed by atoms with Crippen LogP contribution in [0.3, 0.4) is 0 Å². The Morgan fingerprint density at radius 1 is 0.438 bits per heavy atom. The van der Waals surface area contributed by atoms with Gasteiger partial charge >= 0.3 is 0 Å². The molecule has 4 spiro atoms. The molecule has 0 amide bonds. The third kappa shape index (κ3) is 0.692. The molecule has 0 heterocycles. The second kappa shape index (κ2) is 3.03. The van der Waals surface area contributed by atoms with E-state index in [4.69, 9.17) is 0 Å². The fourth-order valence-corrected chi connectivity index (χ4v) is 22.8. The van der Waals surface area contributed by atoms with Gasteiger partial charge in [0.1, 0.15) is 0 Å². The number of rotatable bonds is 0. The van der Waals surface area contributed by atoms with Crippen LogP contribution in [-0.4, -0.2) is 0 Å². The fraction of sp³-hybridized carbons (Fsp3) is 1.00. The number of hydrogen-bond donors (Lipinski definition) is 0. The van der Waals surface area contributed by atoms with Gasteiger partial charge in [0.2, 0.25) is 0 Å². The van der Waals surface area contributed by atoms with Gasteiger partial charge in [-0.15, -0.1) is 0 Å². The standard InChI is InChI=1S/C32H34/c1-2-8-4-12-22-16-14(8)13-7(1)3-11-21-15(13)23-24(16)32-20(10-6-30(12,22)28(10)32)18-17-19-9-5-29(11,21)27(9)31(19,23)25(17)26(18)32/h7-28H,1-6H2. The van der Waals surface area contributed by atoms with E-state index in [2.05, 4.69) is 0 Å². The average Bonchev–Trinajstić information content (AvgIpc) is 3.60. The first-order valence-corrected chi connectivity index (χ1v) is 15.8. The van der Waals surface area contributed by atoms with Crippen molar-refractivity contribution < 1.29 is 0 Å². The molecule has 16 aliphatic rings. The van der Waals surface area contributed by atoms with Crippen molar-refractivity contribution in [3.63, 3.8) is 0 Å². The predicted octanol–water partition coefficient (Wildman–Crippen LogP) is 5.05. The molecule has 26 unspecified atom stereocenters. The Balaban J connectivity index is 1.10. The van der Waals surface area contributed by atoms with Crippen LogP contribution in [0, 0.1) is 152 Å². The zero-order valence-electron chi connectivity index (χ0n) is 18.9. The molecule has 0 aliphatic heterocycles.